The summed E-state index contributed by atoms with van der Waals surface area (Å²) < 4.78 is 34.1. The van der Waals surface area contributed by atoms with Gasteiger partial charge in [0.2, 0.25) is 5.82 Å². The van der Waals surface area contributed by atoms with Gasteiger partial charge in [-0.15, -0.1) is 0 Å². The number of carboxylic acid groups (broad SMARTS) is 1. The quantitative estimate of drug-likeness (QED) is 0.272. The lowest BCUT2D eigenvalue weighted by molar-refractivity contribution is -0.135. The van der Waals surface area contributed by atoms with E-state index >= 15 is 0 Å². The fourth-order valence-corrected chi connectivity index (χ4v) is 5.01. The van der Waals surface area contributed by atoms with Gasteiger partial charge in [-0.3, -0.25) is 19.6 Å². The zero-order valence-corrected chi connectivity index (χ0v) is 23.3. The van der Waals surface area contributed by atoms with Gasteiger partial charge in [0.25, 0.3) is 5.91 Å². The molecular weight excluding hydrogens is 534 g/mol. The first-order chi connectivity index (χ1) is 19.8. The van der Waals surface area contributed by atoms with Crippen molar-refractivity contribution in [1.29, 1.82) is 0 Å². The van der Waals surface area contributed by atoms with E-state index in [1.807, 2.05) is 24.0 Å². The molecule has 1 atom stereocenters. The van der Waals surface area contributed by atoms with Crippen LogP contribution in [0.1, 0.15) is 53.7 Å². The Morgan fingerprint density at radius 3 is 2.66 bits per heavy atom. The van der Waals surface area contributed by atoms with Crippen LogP contribution < -0.4 is 20.7 Å². The van der Waals surface area contributed by atoms with Crippen LogP contribution in [0.25, 0.3) is 0 Å². The second-order valence-electron chi connectivity index (χ2n) is 9.83. The highest BCUT2D eigenvalue weighted by molar-refractivity contribution is 6.45. The average Bonchev–Trinajstić information content (AvgIpc) is 3.40. The van der Waals surface area contributed by atoms with Gasteiger partial charge in [-0.25, -0.2) is 4.39 Å². The van der Waals surface area contributed by atoms with E-state index in [0.717, 1.165) is 30.5 Å². The Bertz CT molecular complexity index is 1330. The monoisotopic (exact) mass is 570 g/mol. The molecule has 0 bridgehead atoms. The summed E-state index contributed by atoms with van der Waals surface area (Å²) in [5, 5.41) is 17.7. The van der Waals surface area contributed by atoms with Crippen molar-refractivity contribution in [3.8, 4) is 5.75 Å². The van der Waals surface area contributed by atoms with Gasteiger partial charge < -0.3 is 30.7 Å². The number of fused-ring (bicyclic) bond motifs is 1. The molecule has 1 amide bonds. The summed E-state index contributed by atoms with van der Waals surface area (Å²) in [5.74, 6) is -1.96. The number of amidine groups is 2. The minimum Gasteiger partial charge on any atom is -0.494 e. The smallest absolute Gasteiger partial charge is 0.317 e. The molecule has 2 aliphatic rings. The van der Waals surface area contributed by atoms with Gasteiger partial charge in [0.15, 0.2) is 23.2 Å². The Labute approximate surface area is 237 Å². The highest BCUT2D eigenvalue weighted by Gasteiger charge is 2.36. The number of amides is 1. The molecule has 1 unspecified atom stereocenters. The number of carboxylic acids is 1. The van der Waals surface area contributed by atoms with Crippen molar-refractivity contribution in [1.82, 2.24) is 15.5 Å². The van der Waals surface area contributed by atoms with Crippen LogP contribution in [0.3, 0.4) is 0 Å². The first kappa shape index (κ1) is 29.9. The number of aryl methyl sites for hydroxylation is 1. The number of anilines is 1. The standard InChI is InChI=1S/C29H36F2N6O4/c1-3-18-15-19(7-8-20(18)29(40)34-12-6-4-5-11-32-17-24(38)39)36-27-28-35-16-22(37(28)14-13-33-27)21-9-10-23(41-2)26(31)25(21)30/h7-10,15,22,32H,3-6,11-14,16-17H2,1-2H3,(H,33,36)(H,34,40)(H,38,39). The van der Waals surface area contributed by atoms with Gasteiger partial charge in [0.05, 0.1) is 32.8 Å². The molecule has 220 valence electrons. The van der Waals surface area contributed by atoms with Crippen LogP contribution >= 0.6 is 0 Å². The van der Waals surface area contributed by atoms with Gasteiger partial charge in [-0.2, -0.15) is 4.39 Å². The fraction of sp³-hybridized carbons (Fsp3) is 0.448. The maximum absolute atomic E-state index is 14.8. The van der Waals surface area contributed by atoms with Crippen molar-refractivity contribution in [2.45, 2.75) is 38.6 Å². The van der Waals surface area contributed by atoms with Crippen LogP contribution in [0.5, 0.6) is 5.75 Å². The number of aliphatic imine (C=N–C) groups is 2. The van der Waals surface area contributed by atoms with E-state index in [0.29, 0.717) is 49.8 Å². The van der Waals surface area contributed by atoms with Crippen molar-refractivity contribution in [2.24, 2.45) is 9.98 Å². The molecule has 2 aliphatic heterocycles. The number of nitrogens with zero attached hydrogens (tertiary/aromatic N) is 3. The molecule has 0 aromatic heterocycles. The summed E-state index contributed by atoms with van der Waals surface area (Å²) in [6, 6.07) is 8.02. The Morgan fingerprint density at radius 2 is 1.90 bits per heavy atom. The second kappa shape index (κ2) is 14.0. The number of carbonyl (C=O) groups is 2. The third-order valence-electron chi connectivity index (χ3n) is 7.13. The number of nitrogens with one attached hydrogen (secondary N) is 3. The van der Waals surface area contributed by atoms with E-state index in [2.05, 4.69) is 25.9 Å². The topological polar surface area (TPSA) is 128 Å². The maximum Gasteiger partial charge on any atom is 0.317 e. The van der Waals surface area contributed by atoms with Crippen molar-refractivity contribution < 1.29 is 28.2 Å². The Morgan fingerprint density at radius 1 is 1.10 bits per heavy atom. The van der Waals surface area contributed by atoms with Gasteiger partial charge in [-0.1, -0.05) is 19.4 Å². The summed E-state index contributed by atoms with van der Waals surface area (Å²) in [6.07, 6.45) is 3.16. The molecule has 2 aromatic rings. The van der Waals surface area contributed by atoms with E-state index < -0.39 is 23.6 Å². The molecule has 4 N–H and O–H groups in total. The van der Waals surface area contributed by atoms with Crippen molar-refractivity contribution >= 4 is 29.2 Å². The maximum atomic E-state index is 14.8. The Kier molecular flexibility index (Phi) is 10.2. The summed E-state index contributed by atoms with van der Waals surface area (Å²) in [5.41, 5.74) is 2.45. The molecule has 41 heavy (non-hydrogen) atoms. The summed E-state index contributed by atoms with van der Waals surface area (Å²) in [7, 11) is 1.30. The molecule has 0 radical (unpaired) electrons. The lowest BCUT2D eigenvalue weighted by Crippen LogP contribution is -2.44. The van der Waals surface area contributed by atoms with Crippen LogP contribution in [-0.4, -0.2) is 79.9 Å². The average molecular weight is 571 g/mol. The minimum atomic E-state index is -1.01. The Hall–Kier alpha value is -4.06. The first-order valence-corrected chi connectivity index (χ1v) is 13.8. The lowest BCUT2D eigenvalue weighted by atomic mass is 10.0. The highest BCUT2D eigenvalue weighted by Crippen LogP contribution is 2.33. The van der Waals surface area contributed by atoms with Crippen LogP contribution in [0.15, 0.2) is 40.3 Å². The molecule has 0 spiro atoms. The molecule has 2 aromatic carbocycles. The van der Waals surface area contributed by atoms with Gasteiger partial charge in [0.1, 0.15) is 0 Å². The summed E-state index contributed by atoms with van der Waals surface area (Å²) >= 11 is 0. The van der Waals surface area contributed by atoms with E-state index in [-0.39, 0.29) is 30.3 Å². The SMILES string of the molecule is CCc1cc(NC2=NCCN3C2=NCC3c2ccc(OC)c(F)c2F)ccc1C(=O)NCCCCCNCC(=O)O. The molecule has 0 aliphatic carbocycles. The number of aliphatic carboxylic acids is 1. The lowest BCUT2D eigenvalue weighted by Gasteiger charge is -2.31. The third-order valence-corrected chi connectivity index (χ3v) is 7.13. The highest BCUT2D eigenvalue weighted by atomic mass is 19.2. The normalized spacial score (nSPS) is 16.1. The zero-order chi connectivity index (χ0) is 29.4. The van der Waals surface area contributed by atoms with E-state index in [1.54, 1.807) is 6.07 Å². The number of hydrogen-bond donors (Lipinski definition) is 4. The molecule has 4 rings (SSSR count). The van der Waals surface area contributed by atoms with Crippen LogP contribution in [0.2, 0.25) is 0 Å². The minimum absolute atomic E-state index is 0.0491. The number of ether oxygens (including phenoxy) is 1. The predicted molar refractivity (Wildman–Crippen MR) is 153 cm³/mol. The van der Waals surface area contributed by atoms with Crippen molar-refractivity contribution in [3.63, 3.8) is 0 Å². The predicted octanol–water partition coefficient (Wildman–Crippen LogP) is 3.39. The molecule has 0 saturated carbocycles. The van der Waals surface area contributed by atoms with Crippen molar-refractivity contribution in [3.05, 3.63) is 58.7 Å². The van der Waals surface area contributed by atoms with Crippen molar-refractivity contribution in [2.75, 3.05) is 51.7 Å². The molecule has 0 fully saturated rings. The van der Waals surface area contributed by atoms with Crippen LogP contribution in [0, 0.1) is 11.6 Å². The van der Waals surface area contributed by atoms with Gasteiger partial charge >= 0.3 is 5.97 Å². The first-order valence-electron chi connectivity index (χ1n) is 13.8. The fourth-order valence-electron chi connectivity index (χ4n) is 5.01. The number of benzene rings is 2. The van der Waals surface area contributed by atoms with E-state index in [9.17, 15) is 18.4 Å². The third kappa shape index (κ3) is 7.18. The summed E-state index contributed by atoms with van der Waals surface area (Å²) in [4.78, 5) is 34.5. The zero-order valence-electron chi connectivity index (χ0n) is 23.3. The van der Waals surface area contributed by atoms with Crippen LogP contribution in [0.4, 0.5) is 14.5 Å². The number of rotatable bonds is 13. The molecular formula is C29H36F2N6O4. The molecule has 10 nitrogen and oxygen atoms in total. The number of halogens is 2. The second-order valence-corrected chi connectivity index (χ2v) is 9.83. The Balaban J connectivity index is 1.34. The van der Waals surface area contributed by atoms with Crippen LogP contribution in [-0.2, 0) is 11.2 Å². The number of unbranched alkanes of at least 4 members (excludes halogenated alkanes) is 2. The molecule has 12 heteroatoms. The number of methoxy groups -OCH3 is 1. The van der Waals surface area contributed by atoms with Gasteiger partial charge in [0, 0.05) is 29.9 Å². The summed E-state index contributed by atoms with van der Waals surface area (Å²) in [6.45, 7) is 4.36. The van der Waals surface area contributed by atoms with Gasteiger partial charge in [-0.05, 0) is 55.6 Å². The van der Waals surface area contributed by atoms with E-state index in [1.165, 1.54) is 19.2 Å². The number of hydrogen-bond acceptors (Lipinski definition) is 8. The molecule has 0 saturated heterocycles. The van der Waals surface area contributed by atoms with E-state index in [4.69, 9.17) is 9.84 Å². The molecule has 2 heterocycles. The largest absolute Gasteiger partial charge is 0.494 e. The number of carbonyl (C=O) groups excluding carboxylic acids is 1.